The molecule has 0 atom stereocenters. The number of nitro benzene ring substituents is 1. The first kappa shape index (κ1) is 20.9. The number of ether oxygens (including phenoxy) is 2. The third-order valence-corrected chi connectivity index (χ3v) is 4.71. The van der Waals surface area contributed by atoms with Crippen LogP contribution in [0.25, 0.3) is 0 Å². The Kier molecular flexibility index (Phi) is 6.32. The summed E-state index contributed by atoms with van der Waals surface area (Å²) in [5.41, 5.74) is 2.98. The monoisotopic (exact) mass is 406 g/mol. The van der Waals surface area contributed by atoms with Gasteiger partial charge in [0.1, 0.15) is 18.1 Å². The number of hydrogen-bond donors (Lipinski definition) is 1. The van der Waals surface area contributed by atoms with E-state index < -0.39 is 4.92 Å². The molecule has 0 saturated heterocycles. The van der Waals surface area contributed by atoms with Crippen LogP contribution in [0.2, 0.25) is 0 Å². The number of benzene rings is 3. The SMILES string of the molecule is COc1ccc(C(=O)Nc2cccc([N+](=O)[O-])c2C)cc1COc1ccc(C)cc1. The zero-order valence-corrected chi connectivity index (χ0v) is 17.0. The first-order chi connectivity index (χ1) is 14.4. The second-order valence-corrected chi connectivity index (χ2v) is 6.79. The molecule has 1 amide bonds. The number of carbonyl (C=O) groups excluding carboxylic acids is 1. The first-order valence-electron chi connectivity index (χ1n) is 9.31. The molecule has 0 aromatic heterocycles. The molecule has 7 heteroatoms. The molecule has 3 aromatic carbocycles. The van der Waals surface area contributed by atoms with E-state index >= 15 is 0 Å². The Morgan fingerprint density at radius 3 is 2.47 bits per heavy atom. The highest BCUT2D eigenvalue weighted by Gasteiger charge is 2.16. The van der Waals surface area contributed by atoms with E-state index in [0.717, 1.165) is 5.56 Å². The van der Waals surface area contributed by atoms with Gasteiger partial charge >= 0.3 is 0 Å². The molecule has 0 heterocycles. The fourth-order valence-electron chi connectivity index (χ4n) is 2.98. The van der Waals surface area contributed by atoms with Crippen molar-refractivity contribution in [1.82, 2.24) is 0 Å². The summed E-state index contributed by atoms with van der Waals surface area (Å²) in [4.78, 5) is 23.4. The van der Waals surface area contributed by atoms with Gasteiger partial charge in [0.05, 0.1) is 23.3 Å². The van der Waals surface area contributed by atoms with Crippen LogP contribution in [-0.2, 0) is 6.61 Å². The molecule has 0 aliphatic carbocycles. The van der Waals surface area contributed by atoms with Crippen LogP contribution < -0.4 is 14.8 Å². The van der Waals surface area contributed by atoms with E-state index in [1.807, 2.05) is 31.2 Å². The summed E-state index contributed by atoms with van der Waals surface area (Å²) in [7, 11) is 1.55. The topological polar surface area (TPSA) is 90.7 Å². The second kappa shape index (κ2) is 9.09. The Morgan fingerprint density at radius 1 is 1.07 bits per heavy atom. The number of nitro groups is 1. The van der Waals surface area contributed by atoms with Crippen LogP contribution >= 0.6 is 0 Å². The molecule has 3 rings (SSSR count). The number of nitrogens with one attached hydrogen (secondary N) is 1. The molecule has 0 aliphatic rings. The lowest BCUT2D eigenvalue weighted by Gasteiger charge is -2.13. The van der Waals surface area contributed by atoms with E-state index in [4.69, 9.17) is 9.47 Å². The number of methoxy groups -OCH3 is 1. The summed E-state index contributed by atoms with van der Waals surface area (Å²) in [5.74, 6) is 0.938. The zero-order valence-electron chi connectivity index (χ0n) is 17.0. The molecule has 0 unspecified atom stereocenters. The average Bonchev–Trinajstić information content (AvgIpc) is 2.74. The van der Waals surface area contributed by atoms with Crippen LogP contribution in [0.1, 0.15) is 27.0 Å². The van der Waals surface area contributed by atoms with Crippen molar-refractivity contribution >= 4 is 17.3 Å². The maximum absolute atomic E-state index is 12.7. The minimum absolute atomic E-state index is 0.0466. The van der Waals surface area contributed by atoms with Crippen LogP contribution in [0.15, 0.2) is 60.7 Å². The Labute approximate surface area is 174 Å². The van der Waals surface area contributed by atoms with Crippen LogP contribution in [0.4, 0.5) is 11.4 Å². The molecule has 0 radical (unpaired) electrons. The average molecular weight is 406 g/mol. The van der Waals surface area contributed by atoms with E-state index in [2.05, 4.69) is 5.32 Å². The fraction of sp³-hybridized carbons (Fsp3) is 0.174. The van der Waals surface area contributed by atoms with E-state index in [1.165, 1.54) is 12.1 Å². The smallest absolute Gasteiger partial charge is 0.274 e. The molecular weight excluding hydrogens is 384 g/mol. The van der Waals surface area contributed by atoms with Crippen LogP contribution in [0, 0.1) is 24.0 Å². The number of rotatable bonds is 7. The molecule has 0 aliphatic heterocycles. The van der Waals surface area contributed by atoms with Crippen molar-refractivity contribution in [2.24, 2.45) is 0 Å². The van der Waals surface area contributed by atoms with Gasteiger partial charge in [0.2, 0.25) is 0 Å². The van der Waals surface area contributed by atoms with Crippen molar-refractivity contribution < 1.29 is 19.2 Å². The third kappa shape index (κ3) is 4.75. The molecular formula is C23H22N2O5. The lowest BCUT2D eigenvalue weighted by Crippen LogP contribution is -2.14. The van der Waals surface area contributed by atoms with Gasteiger partial charge in [0.15, 0.2) is 0 Å². The van der Waals surface area contributed by atoms with Crippen LogP contribution in [0.3, 0.4) is 0 Å². The van der Waals surface area contributed by atoms with E-state index in [9.17, 15) is 14.9 Å². The second-order valence-electron chi connectivity index (χ2n) is 6.79. The highest BCUT2D eigenvalue weighted by molar-refractivity contribution is 6.05. The van der Waals surface area contributed by atoms with E-state index in [1.54, 1.807) is 38.3 Å². The summed E-state index contributed by atoms with van der Waals surface area (Å²) in [6, 6.07) is 17.3. The Bertz CT molecular complexity index is 1080. The number of hydrogen-bond acceptors (Lipinski definition) is 5. The molecule has 30 heavy (non-hydrogen) atoms. The number of anilines is 1. The number of carbonyl (C=O) groups is 1. The predicted octanol–water partition coefficient (Wildman–Crippen LogP) is 5.05. The van der Waals surface area contributed by atoms with Crippen molar-refractivity contribution in [2.45, 2.75) is 20.5 Å². The van der Waals surface area contributed by atoms with Crippen molar-refractivity contribution in [2.75, 3.05) is 12.4 Å². The highest BCUT2D eigenvalue weighted by Crippen LogP contribution is 2.27. The largest absolute Gasteiger partial charge is 0.496 e. The summed E-state index contributed by atoms with van der Waals surface area (Å²) >= 11 is 0. The molecule has 7 nitrogen and oxygen atoms in total. The minimum atomic E-state index is -0.473. The van der Waals surface area contributed by atoms with Crippen LogP contribution in [0.5, 0.6) is 11.5 Å². The van der Waals surface area contributed by atoms with Crippen molar-refractivity contribution in [3.63, 3.8) is 0 Å². The molecule has 0 saturated carbocycles. The normalized spacial score (nSPS) is 10.4. The standard InChI is InChI=1S/C23H22N2O5/c1-15-7-10-19(11-8-15)30-14-18-13-17(9-12-22(18)29-3)23(26)24-20-5-4-6-21(16(20)2)25(27)28/h4-13H,14H2,1-3H3,(H,24,26). The van der Waals surface area contributed by atoms with Crippen LogP contribution in [-0.4, -0.2) is 17.9 Å². The summed E-state index contributed by atoms with van der Waals surface area (Å²) in [6.07, 6.45) is 0. The maximum atomic E-state index is 12.7. The molecule has 1 N–H and O–H groups in total. The molecule has 154 valence electrons. The number of aryl methyl sites for hydroxylation is 1. The summed E-state index contributed by atoms with van der Waals surface area (Å²) in [5, 5.41) is 13.9. The third-order valence-electron chi connectivity index (χ3n) is 4.71. The zero-order chi connectivity index (χ0) is 21.7. The van der Waals surface area contributed by atoms with Gasteiger partial charge in [0.25, 0.3) is 11.6 Å². The Balaban J connectivity index is 1.80. The fourth-order valence-corrected chi connectivity index (χ4v) is 2.98. The summed E-state index contributed by atoms with van der Waals surface area (Å²) < 4.78 is 11.2. The Morgan fingerprint density at radius 2 is 1.80 bits per heavy atom. The van der Waals surface area contributed by atoms with Gasteiger partial charge in [0, 0.05) is 17.2 Å². The van der Waals surface area contributed by atoms with Crippen molar-refractivity contribution in [3.8, 4) is 11.5 Å². The van der Waals surface area contributed by atoms with Gasteiger partial charge in [-0.3, -0.25) is 14.9 Å². The van der Waals surface area contributed by atoms with Gasteiger partial charge in [-0.2, -0.15) is 0 Å². The van der Waals surface area contributed by atoms with Gasteiger partial charge in [-0.25, -0.2) is 0 Å². The highest BCUT2D eigenvalue weighted by atomic mass is 16.6. The molecule has 0 bridgehead atoms. The summed E-state index contributed by atoms with van der Waals surface area (Å²) in [6.45, 7) is 3.82. The van der Waals surface area contributed by atoms with Gasteiger partial charge in [-0.05, 0) is 50.2 Å². The van der Waals surface area contributed by atoms with Gasteiger partial charge < -0.3 is 14.8 Å². The van der Waals surface area contributed by atoms with Gasteiger partial charge in [-0.1, -0.05) is 23.8 Å². The Hall–Kier alpha value is -3.87. The minimum Gasteiger partial charge on any atom is -0.496 e. The molecule has 3 aromatic rings. The van der Waals surface area contributed by atoms with E-state index in [0.29, 0.717) is 33.9 Å². The van der Waals surface area contributed by atoms with E-state index in [-0.39, 0.29) is 18.2 Å². The van der Waals surface area contributed by atoms with Crippen molar-refractivity contribution in [3.05, 3.63) is 93.0 Å². The maximum Gasteiger partial charge on any atom is 0.274 e. The predicted molar refractivity (Wildman–Crippen MR) is 114 cm³/mol. The lowest BCUT2D eigenvalue weighted by molar-refractivity contribution is -0.385. The number of amides is 1. The van der Waals surface area contributed by atoms with Gasteiger partial charge in [-0.15, -0.1) is 0 Å². The quantitative estimate of drug-likeness (QED) is 0.438. The lowest BCUT2D eigenvalue weighted by atomic mass is 10.1. The molecule has 0 spiro atoms. The molecule has 0 fully saturated rings. The first-order valence-corrected chi connectivity index (χ1v) is 9.31. The van der Waals surface area contributed by atoms with Crippen molar-refractivity contribution in [1.29, 1.82) is 0 Å². The number of nitrogens with zero attached hydrogens (tertiary/aromatic N) is 1.